The van der Waals surface area contributed by atoms with Crippen molar-refractivity contribution < 1.29 is 9.53 Å². The van der Waals surface area contributed by atoms with Crippen LogP contribution >= 0.6 is 67.8 Å². The standard InChI is InChI=1S/C18H24I3NO2/c1-10-6-12(7-11(2)22(10)5)18(3,4)24-17(23)14-8-13(19)9-15(20)16(14)21/h8-12H,6-7H2,1-5H3. The Morgan fingerprint density at radius 3 is 2.25 bits per heavy atom. The van der Waals surface area contributed by atoms with Crippen LogP contribution in [0.25, 0.3) is 0 Å². The summed E-state index contributed by atoms with van der Waals surface area (Å²) in [6.07, 6.45) is 2.12. The van der Waals surface area contributed by atoms with Crippen molar-refractivity contribution in [1.82, 2.24) is 4.90 Å². The number of esters is 1. The van der Waals surface area contributed by atoms with Gasteiger partial charge in [0.05, 0.1) is 5.56 Å². The minimum absolute atomic E-state index is 0.208. The van der Waals surface area contributed by atoms with Crippen molar-refractivity contribution in [3.8, 4) is 0 Å². The van der Waals surface area contributed by atoms with E-state index in [9.17, 15) is 4.79 Å². The van der Waals surface area contributed by atoms with Crippen molar-refractivity contribution >= 4 is 73.7 Å². The Morgan fingerprint density at radius 1 is 1.17 bits per heavy atom. The Hall–Kier alpha value is 0.840. The van der Waals surface area contributed by atoms with E-state index in [4.69, 9.17) is 4.74 Å². The van der Waals surface area contributed by atoms with Crippen LogP contribution in [-0.4, -0.2) is 35.6 Å². The smallest absolute Gasteiger partial charge is 0.339 e. The lowest BCUT2D eigenvalue weighted by Gasteiger charge is -2.45. The minimum atomic E-state index is -0.462. The monoisotopic (exact) mass is 667 g/mol. The summed E-state index contributed by atoms with van der Waals surface area (Å²) in [6.45, 7) is 8.63. The van der Waals surface area contributed by atoms with Crippen molar-refractivity contribution in [2.75, 3.05) is 7.05 Å². The number of hydrogen-bond acceptors (Lipinski definition) is 3. The highest BCUT2D eigenvalue weighted by atomic mass is 127. The van der Waals surface area contributed by atoms with Gasteiger partial charge in [-0.05, 0) is 127 Å². The second kappa shape index (κ2) is 8.24. The number of ether oxygens (including phenoxy) is 1. The fourth-order valence-corrected chi connectivity index (χ4v) is 5.71. The van der Waals surface area contributed by atoms with Crippen LogP contribution in [0.5, 0.6) is 0 Å². The van der Waals surface area contributed by atoms with Crippen LogP contribution in [0.1, 0.15) is 50.9 Å². The molecular formula is C18H24I3NO2. The number of nitrogens with zero attached hydrogens (tertiary/aromatic N) is 1. The largest absolute Gasteiger partial charge is 0.456 e. The summed E-state index contributed by atoms with van der Waals surface area (Å²) in [4.78, 5) is 15.2. The van der Waals surface area contributed by atoms with E-state index in [0.717, 1.165) is 23.6 Å². The maximum absolute atomic E-state index is 12.8. The van der Waals surface area contributed by atoms with Crippen LogP contribution in [0.2, 0.25) is 0 Å². The van der Waals surface area contributed by atoms with Crippen LogP contribution in [0, 0.1) is 16.6 Å². The highest BCUT2D eigenvalue weighted by molar-refractivity contribution is 14.1. The number of carbonyl (C=O) groups is 1. The zero-order chi connectivity index (χ0) is 18.2. The highest BCUT2D eigenvalue weighted by Gasteiger charge is 2.40. The van der Waals surface area contributed by atoms with E-state index in [0.29, 0.717) is 23.6 Å². The van der Waals surface area contributed by atoms with Gasteiger partial charge in [0, 0.05) is 28.7 Å². The second-order valence-electron chi connectivity index (χ2n) is 7.27. The first kappa shape index (κ1) is 21.1. The maximum Gasteiger partial charge on any atom is 0.339 e. The fourth-order valence-electron chi connectivity index (χ4n) is 3.34. The van der Waals surface area contributed by atoms with Gasteiger partial charge in [-0.25, -0.2) is 4.79 Å². The number of rotatable bonds is 3. The molecule has 0 aliphatic carbocycles. The van der Waals surface area contributed by atoms with E-state index in [1.165, 1.54) is 0 Å². The Labute approximate surface area is 186 Å². The Morgan fingerprint density at radius 2 is 1.71 bits per heavy atom. The number of benzene rings is 1. The summed E-state index contributed by atoms with van der Waals surface area (Å²) in [7, 11) is 2.18. The third-order valence-corrected chi connectivity index (χ3v) is 8.86. The molecule has 0 radical (unpaired) electrons. The number of carbonyl (C=O) groups excluding carboxylic acids is 1. The molecule has 24 heavy (non-hydrogen) atoms. The molecule has 0 saturated carbocycles. The van der Waals surface area contributed by atoms with Crippen LogP contribution in [0.3, 0.4) is 0 Å². The van der Waals surface area contributed by atoms with Crippen molar-refractivity contribution in [2.24, 2.45) is 5.92 Å². The van der Waals surface area contributed by atoms with Gasteiger partial charge in [-0.3, -0.25) is 0 Å². The van der Waals surface area contributed by atoms with Gasteiger partial charge in [0.25, 0.3) is 0 Å². The van der Waals surface area contributed by atoms with Crippen LogP contribution in [-0.2, 0) is 4.74 Å². The first-order valence-corrected chi connectivity index (χ1v) is 11.4. The van der Waals surface area contributed by atoms with Gasteiger partial charge < -0.3 is 9.64 Å². The van der Waals surface area contributed by atoms with Crippen molar-refractivity contribution in [1.29, 1.82) is 0 Å². The molecule has 2 atom stereocenters. The molecule has 1 fully saturated rings. The molecule has 0 amide bonds. The van der Waals surface area contributed by atoms with Crippen LogP contribution in [0.4, 0.5) is 0 Å². The van der Waals surface area contributed by atoms with Crippen molar-refractivity contribution in [2.45, 2.75) is 58.2 Å². The molecule has 0 aromatic heterocycles. The number of halogens is 3. The summed E-state index contributed by atoms with van der Waals surface area (Å²) >= 11 is 6.75. The van der Waals surface area contributed by atoms with Crippen molar-refractivity contribution in [3.05, 3.63) is 28.4 Å². The van der Waals surface area contributed by atoms with Gasteiger partial charge in [0.2, 0.25) is 0 Å². The summed E-state index contributed by atoms with van der Waals surface area (Å²) < 4.78 is 9.14. The summed E-state index contributed by atoms with van der Waals surface area (Å²) in [6, 6.07) is 5.01. The zero-order valence-electron chi connectivity index (χ0n) is 14.7. The van der Waals surface area contributed by atoms with E-state index in [1.54, 1.807) is 0 Å². The molecule has 1 aliphatic rings. The summed E-state index contributed by atoms with van der Waals surface area (Å²) in [5.41, 5.74) is 0.213. The average Bonchev–Trinajstić information content (AvgIpc) is 2.47. The van der Waals surface area contributed by atoms with Crippen LogP contribution < -0.4 is 0 Å². The molecule has 6 heteroatoms. The van der Waals surface area contributed by atoms with Gasteiger partial charge >= 0.3 is 5.97 Å². The Kier molecular flexibility index (Phi) is 7.26. The molecule has 1 saturated heterocycles. The fraction of sp³-hybridized carbons (Fsp3) is 0.611. The summed E-state index contributed by atoms with van der Waals surface area (Å²) in [5, 5.41) is 0. The number of hydrogen-bond donors (Lipinski definition) is 0. The molecule has 1 aromatic rings. The predicted octanol–water partition coefficient (Wildman–Crippen LogP) is 5.55. The molecule has 0 bridgehead atoms. The third-order valence-electron chi connectivity index (χ3n) is 5.19. The van der Waals surface area contributed by atoms with Gasteiger partial charge in [0.15, 0.2) is 0 Å². The molecule has 2 unspecified atom stereocenters. The predicted molar refractivity (Wildman–Crippen MR) is 123 cm³/mol. The van der Waals surface area contributed by atoms with E-state index >= 15 is 0 Å². The molecule has 0 N–H and O–H groups in total. The lowest BCUT2D eigenvalue weighted by molar-refractivity contribution is -0.0592. The van der Waals surface area contributed by atoms with E-state index in [2.05, 4.69) is 113 Å². The van der Waals surface area contributed by atoms with Gasteiger partial charge in [0.1, 0.15) is 5.60 Å². The maximum atomic E-state index is 12.8. The topological polar surface area (TPSA) is 29.5 Å². The SMILES string of the molecule is CC1CC(C(C)(C)OC(=O)c2cc(I)cc(I)c2I)CC(C)N1C. The molecule has 0 spiro atoms. The normalized spacial score (nSPS) is 25.6. The van der Waals surface area contributed by atoms with Crippen LogP contribution in [0.15, 0.2) is 12.1 Å². The molecule has 134 valence electrons. The minimum Gasteiger partial charge on any atom is -0.456 e. The Bertz CT molecular complexity index is 621. The molecule has 3 nitrogen and oxygen atoms in total. The summed E-state index contributed by atoms with van der Waals surface area (Å²) in [5.74, 6) is 0.169. The lowest BCUT2D eigenvalue weighted by Crippen LogP contribution is -2.50. The van der Waals surface area contributed by atoms with Gasteiger partial charge in [-0.2, -0.15) is 0 Å². The van der Waals surface area contributed by atoms with E-state index in [1.807, 2.05) is 6.07 Å². The van der Waals surface area contributed by atoms with Gasteiger partial charge in [-0.15, -0.1) is 0 Å². The molecular weight excluding hydrogens is 643 g/mol. The number of likely N-dealkylation sites (tertiary alicyclic amines) is 1. The second-order valence-corrected chi connectivity index (χ2v) is 10.8. The molecule has 1 aromatic carbocycles. The molecule has 1 aliphatic heterocycles. The zero-order valence-corrected chi connectivity index (χ0v) is 21.2. The first-order chi connectivity index (χ1) is 11.0. The van der Waals surface area contributed by atoms with Crippen molar-refractivity contribution in [3.63, 3.8) is 0 Å². The third kappa shape index (κ3) is 4.76. The number of piperidine rings is 1. The average molecular weight is 667 g/mol. The lowest BCUT2D eigenvalue weighted by atomic mass is 9.77. The quantitative estimate of drug-likeness (QED) is 0.241. The molecule has 1 heterocycles. The van der Waals surface area contributed by atoms with Gasteiger partial charge in [-0.1, -0.05) is 0 Å². The first-order valence-electron chi connectivity index (χ1n) is 8.12. The van der Waals surface area contributed by atoms with E-state index in [-0.39, 0.29) is 5.97 Å². The highest BCUT2D eigenvalue weighted by Crippen LogP contribution is 2.37. The molecule has 2 rings (SSSR count). The Balaban J connectivity index is 2.18. The van der Waals surface area contributed by atoms with E-state index < -0.39 is 5.60 Å².